The second-order valence-electron chi connectivity index (χ2n) is 7.99. The first-order chi connectivity index (χ1) is 17.7. The molecule has 37 heavy (non-hydrogen) atoms. The Balaban J connectivity index is 1.37. The molecule has 0 saturated carbocycles. The summed E-state index contributed by atoms with van der Waals surface area (Å²) < 4.78 is 42.7. The average Bonchev–Trinajstić information content (AvgIpc) is 3.50. The number of halogens is 3. The molecule has 0 spiro atoms. The Hall–Kier alpha value is -2.52. The fraction of sp³-hybridized carbons (Fsp3) is 0.391. The zero-order chi connectivity index (χ0) is 26.4. The van der Waals surface area contributed by atoms with Crippen molar-refractivity contribution < 1.29 is 32.6 Å². The van der Waals surface area contributed by atoms with Gasteiger partial charge in [-0.25, -0.2) is 9.97 Å². The number of hydrogen-bond acceptors (Lipinski definition) is 9. The highest BCUT2D eigenvalue weighted by molar-refractivity contribution is 8.00. The zero-order valence-corrected chi connectivity index (χ0v) is 21.9. The van der Waals surface area contributed by atoms with E-state index in [2.05, 4.69) is 15.3 Å². The number of aryl methyl sites for hydroxylation is 1. The number of alkyl halides is 3. The lowest BCUT2D eigenvalue weighted by Gasteiger charge is -2.26. The summed E-state index contributed by atoms with van der Waals surface area (Å²) in [6, 6.07) is 5.63. The van der Waals surface area contributed by atoms with Gasteiger partial charge in [-0.2, -0.15) is 13.2 Å². The maximum Gasteiger partial charge on any atom is 0.446 e. The van der Waals surface area contributed by atoms with Crippen LogP contribution in [0.2, 0.25) is 0 Å². The lowest BCUT2D eigenvalue weighted by atomic mass is 10.1. The minimum atomic E-state index is -4.37. The molecule has 198 valence electrons. The number of carbonyl (C=O) groups excluding carboxylic acids is 2. The second kappa shape index (κ2) is 12.3. The smallest absolute Gasteiger partial charge is 0.389 e. The van der Waals surface area contributed by atoms with Crippen LogP contribution in [0.5, 0.6) is 0 Å². The Bertz CT molecular complexity index is 1220. The number of anilines is 1. The molecule has 0 atom stereocenters. The highest BCUT2D eigenvalue weighted by Gasteiger charge is 2.29. The number of aromatic nitrogens is 2. The summed E-state index contributed by atoms with van der Waals surface area (Å²) in [5.74, 6) is -0.335. The number of nitrogens with one attached hydrogen (secondary N) is 1. The van der Waals surface area contributed by atoms with Crippen LogP contribution >= 0.6 is 34.4 Å². The van der Waals surface area contributed by atoms with Crippen LogP contribution in [0.25, 0.3) is 10.6 Å². The molecular weight excluding hydrogens is 549 g/mol. The Morgan fingerprint density at radius 3 is 2.57 bits per heavy atom. The van der Waals surface area contributed by atoms with Crippen molar-refractivity contribution in [1.82, 2.24) is 14.9 Å². The minimum Gasteiger partial charge on any atom is -0.389 e. The van der Waals surface area contributed by atoms with E-state index in [0.29, 0.717) is 59.8 Å². The highest BCUT2D eigenvalue weighted by atomic mass is 32.2. The minimum absolute atomic E-state index is 0.0176. The van der Waals surface area contributed by atoms with Crippen LogP contribution in [-0.4, -0.2) is 63.6 Å². The maximum absolute atomic E-state index is 12.5. The first kappa shape index (κ1) is 27.5. The van der Waals surface area contributed by atoms with Crippen LogP contribution < -0.4 is 5.32 Å². The van der Waals surface area contributed by atoms with Gasteiger partial charge in [-0.15, -0.1) is 22.7 Å². The predicted molar refractivity (Wildman–Crippen MR) is 136 cm³/mol. The van der Waals surface area contributed by atoms with Crippen LogP contribution in [0.15, 0.2) is 34.5 Å². The summed E-state index contributed by atoms with van der Waals surface area (Å²) in [4.78, 5) is 36.5. The van der Waals surface area contributed by atoms with Crippen LogP contribution in [0, 0.1) is 0 Å². The summed E-state index contributed by atoms with van der Waals surface area (Å²) in [5.41, 5.74) is -2.55. The van der Waals surface area contributed by atoms with Crippen molar-refractivity contribution in [1.29, 1.82) is 0 Å². The lowest BCUT2D eigenvalue weighted by molar-refractivity contribution is -0.135. The largest absolute Gasteiger partial charge is 0.446 e. The number of ether oxygens (including phenoxy) is 1. The van der Waals surface area contributed by atoms with Gasteiger partial charge in [-0.05, 0) is 35.9 Å². The number of thioether (sulfide) groups is 1. The molecule has 0 radical (unpaired) electrons. The van der Waals surface area contributed by atoms with E-state index in [1.54, 1.807) is 10.3 Å². The first-order valence-corrected chi connectivity index (χ1v) is 13.8. The molecule has 1 saturated heterocycles. The van der Waals surface area contributed by atoms with Gasteiger partial charge in [-0.3, -0.25) is 9.59 Å². The molecule has 8 nitrogen and oxygen atoms in total. The number of nitrogens with zero attached hydrogens (tertiary/aromatic N) is 3. The fourth-order valence-electron chi connectivity index (χ4n) is 3.63. The number of thiazole rings is 2. The van der Waals surface area contributed by atoms with E-state index >= 15 is 0 Å². The number of morpholine rings is 1. The number of aliphatic hydroxyl groups is 1. The molecule has 1 fully saturated rings. The third-order valence-corrected chi connectivity index (χ3v) is 7.92. The van der Waals surface area contributed by atoms with Crippen LogP contribution in [0.1, 0.15) is 22.7 Å². The zero-order valence-electron chi connectivity index (χ0n) is 19.4. The van der Waals surface area contributed by atoms with E-state index in [9.17, 15) is 27.9 Å². The Labute approximate surface area is 222 Å². The van der Waals surface area contributed by atoms with Gasteiger partial charge in [0.1, 0.15) is 5.01 Å². The fourth-order valence-corrected chi connectivity index (χ4v) is 5.89. The molecule has 0 bridgehead atoms. The van der Waals surface area contributed by atoms with E-state index in [1.807, 2.05) is 0 Å². The summed E-state index contributed by atoms with van der Waals surface area (Å²) in [6.07, 6.45) is 0.648. The molecule has 1 aliphatic rings. The van der Waals surface area contributed by atoms with Gasteiger partial charge < -0.3 is 20.1 Å². The topological polar surface area (TPSA) is 105 Å². The molecule has 4 rings (SSSR count). The number of benzene rings is 1. The molecule has 1 aliphatic heterocycles. The normalized spacial score (nSPS) is 14.1. The van der Waals surface area contributed by atoms with Crippen LogP contribution in [0.4, 0.5) is 18.3 Å². The molecule has 2 amide bonds. The summed E-state index contributed by atoms with van der Waals surface area (Å²) in [5, 5.41) is 14.9. The molecule has 14 heteroatoms. The van der Waals surface area contributed by atoms with Gasteiger partial charge in [0.2, 0.25) is 11.8 Å². The molecule has 2 N–H and O–H groups in total. The van der Waals surface area contributed by atoms with Gasteiger partial charge in [0.05, 0.1) is 42.5 Å². The SMILES string of the molecule is O=C(Cc1ccc(SC(F)(F)F)cc1)Nc1nc(-c2sc(CO)nc2CCC(=O)N2CCOCC2)cs1. The van der Waals surface area contributed by atoms with Gasteiger partial charge in [-0.1, -0.05) is 12.1 Å². The van der Waals surface area contributed by atoms with Crippen molar-refractivity contribution in [3.63, 3.8) is 0 Å². The van der Waals surface area contributed by atoms with Gasteiger partial charge in [0.15, 0.2) is 5.13 Å². The third kappa shape index (κ3) is 7.98. The average molecular weight is 573 g/mol. The monoisotopic (exact) mass is 572 g/mol. The summed E-state index contributed by atoms with van der Waals surface area (Å²) >= 11 is 2.30. The predicted octanol–water partition coefficient (Wildman–Crippen LogP) is 4.34. The number of amides is 2. The highest BCUT2D eigenvalue weighted by Crippen LogP contribution is 2.37. The van der Waals surface area contributed by atoms with Crippen LogP contribution in [-0.2, 0) is 33.8 Å². The van der Waals surface area contributed by atoms with E-state index in [4.69, 9.17) is 4.74 Å². The number of carbonyl (C=O) groups is 2. The van der Waals surface area contributed by atoms with E-state index in [0.717, 1.165) is 4.88 Å². The van der Waals surface area contributed by atoms with E-state index in [1.165, 1.54) is 46.9 Å². The number of rotatable bonds is 9. The third-order valence-electron chi connectivity index (χ3n) is 5.32. The van der Waals surface area contributed by atoms with Gasteiger partial charge in [0, 0.05) is 29.8 Å². The van der Waals surface area contributed by atoms with Gasteiger partial charge >= 0.3 is 5.51 Å². The van der Waals surface area contributed by atoms with E-state index < -0.39 is 5.51 Å². The van der Waals surface area contributed by atoms with Crippen molar-refractivity contribution in [2.75, 3.05) is 31.6 Å². The van der Waals surface area contributed by atoms with Crippen molar-refractivity contribution in [3.8, 4) is 10.6 Å². The molecule has 0 aliphatic carbocycles. The van der Waals surface area contributed by atoms with Crippen molar-refractivity contribution in [2.24, 2.45) is 0 Å². The molecule has 1 aromatic carbocycles. The van der Waals surface area contributed by atoms with Crippen LogP contribution in [0.3, 0.4) is 0 Å². The number of aliphatic hydroxyl groups excluding tert-OH is 1. The Kier molecular flexibility index (Phi) is 9.18. The Morgan fingerprint density at radius 1 is 1.16 bits per heavy atom. The molecule has 3 aromatic rings. The lowest BCUT2D eigenvalue weighted by Crippen LogP contribution is -2.40. The summed E-state index contributed by atoms with van der Waals surface area (Å²) in [6.45, 7) is 1.95. The standard InChI is InChI=1S/C23H23F3N4O4S3/c24-23(25,26)37-15-3-1-14(2-4-15)11-18(32)29-22-28-17(13-35-22)21-16(27-19(12-31)36-21)5-6-20(33)30-7-9-34-10-8-30/h1-4,13,31H,5-12H2,(H,28,29,32). The van der Waals surface area contributed by atoms with Gasteiger partial charge in [0.25, 0.3) is 0 Å². The van der Waals surface area contributed by atoms with Crippen molar-refractivity contribution in [2.45, 2.75) is 36.3 Å². The Morgan fingerprint density at radius 2 is 1.89 bits per heavy atom. The molecule has 2 aromatic heterocycles. The van der Waals surface area contributed by atoms with Crippen molar-refractivity contribution >= 4 is 51.4 Å². The molecule has 3 heterocycles. The first-order valence-electron chi connectivity index (χ1n) is 11.3. The van der Waals surface area contributed by atoms with Crippen molar-refractivity contribution in [3.05, 3.63) is 45.9 Å². The molecular formula is C23H23F3N4O4S3. The van der Waals surface area contributed by atoms with E-state index in [-0.39, 0.29) is 47.9 Å². The summed E-state index contributed by atoms with van der Waals surface area (Å²) in [7, 11) is 0. The number of hydrogen-bond donors (Lipinski definition) is 2. The quantitative estimate of drug-likeness (QED) is 0.368. The second-order valence-corrected chi connectivity index (χ2v) is 11.1. The molecule has 0 unspecified atom stereocenters. The maximum atomic E-state index is 12.5.